The Morgan fingerprint density at radius 3 is 2.89 bits per heavy atom. The summed E-state index contributed by atoms with van der Waals surface area (Å²) in [5.74, 6) is 0.468. The Bertz CT molecular complexity index is 386. The maximum absolute atomic E-state index is 6.32. The average Bonchev–Trinajstić information content (AvgIpc) is 2.74. The Morgan fingerprint density at radius 1 is 1.56 bits per heavy atom. The van der Waals surface area contributed by atoms with Crippen LogP contribution in [0.5, 0.6) is 0 Å². The maximum Gasteiger partial charge on any atom is 0.0834 e. The predicted molar refractivity (Wildman–Crippen MR) is 73.0 cm³/mol. The van der Waals surface area contributed by atoms with E-state index in [9.17, 15) is 0 Å². The number of nitrogens with one attached hydrogen (secondary N) is 1. The third-order valence-corrected chi connectivity index (χ3v) is 3.84. The van der Waals surface area contributed by atoms with Gasteiger partial charge in [-0.25, -0.2) is 0 Å². The standard InChI is InChI=1S/C13H22ClN3O/c1-9(2)17-13(11(14)7-16-17)12(15-3)10-5-4-6-18-8-10/h7,9-10,12,15H,4-6,8H2,1-3H3. The van der Waals surface area contributed by atoms with Crippen LogP contribution in [0.1, 0.15) is 44.5 Å². The quantitative estimate of drug-likeness (QED) is 0.915. The van der Waals surface area contributed by atoms with E-state index in [1.54, 1.807) is 6.20 Å². The van der Waals surface area contributed by atoms with Crippen molar-refractivity contribution in [1.29, 1.82) is 0 Å². The van der Waals surface area contributed by atoms with Crippen molar-refractivity contribution in [3.8, 4) is 0 Å². The lowest BCUT2D eigenvalue weighted by molar-refractivity contribution is 0.0387. The van der Waals surface area contributed by atoms with Gasteiger partial charge in [-0.15, -0.1) is 0 Å². The lowest BCUT2D eigenvalue weighted by atomic mass is 9.91. The van der Waals surface area contributed by atoms with Gasteiger partial charge in [-0.3, -0.25) is 4.68 Å². The number of rotatable bonds is 4. The van der Waals surface area contributed by atoms with Crippen molar-refractivity contribution >= 4 is 11.6 Å². The molecule has 2 heterocycles. The topological polar surface area (TPSA) is 39.1 Å². The van der Waals surface area contributed by atoms with Crippen LogP contribution in [0.25, 0.3) is 0 Å². The number of hydrogen-bond acceptors (Lipinski definition) is 3. The molecule has 1 saturated heterocycles. The van der Waals surface area contributed by atoms with Crippen molar-refractivity contribution < 1.29 is 4.74 Å². The van der Waals surface area contributed by atoms with E-state index in [-0.39, 0.29) is 6.04 Å². The maximum atomic E-state index is 6.32. The van der Waals surface area contributed by atoms with Crippen LogP contribution in [-0.2, 0) is 4.74 Å². The van der Waals surface area contributed by atoms with Gasteiger partial charge in [-0.05, 0) is 33.7 Å². The highest BCUT2D eigenvalue weighted by molar-refractivity contribution is 6.31. The SMILES string of the molecule is CNC(c1c(Cl)cnn1C(C)C)C1CCCOC1. The normalized spacial score (nSPS) is 22.4. The molecule has 18 heavy (non-hydrogen) atoms. The lowest BCUT2D eigenvalue weighted by Crippen LogP contribution is -2.33. The fraction of sp³-hybridized carbons (Fsp3) is 0.769. The fourth-order valence-corrected chi connectivity index (χ4v) is 2.93. The van der Waals surface area contributed by atoms with Gasteiger partial charge in [-0.2, -0.15) is 5.10 Å². The second kappa shape index (κ2) is 6.04. The van der Waals surface area contributed by atoms with E-state index in [0.29, 0.717) is 12.0 Å². The predicted octanol–water partition coefficient (Wildman–Crippen LogP) is 2.80. The van der Waals surface area contributed by atoms with Crippen LogP contribution in [0.2, 0.25) is 5.02 Å². The Balaban J connectivity index is 2.28. The second-order valence-electron chi connectivity index (χ2n) is 5.16. The van der Waals surface area contributed by atoms with E-state index in [4.69, 9.17) is 16.3 Å². The van der Waals surface area contributed by atoms with E-state index in [1.165, 1.54) is 6.42 Å². The number of nitrogens with zero attached hydrogens (tertiary/aromatic N) is 2. The van der Waals surface area contributed by atoms with Gasteiger partial charge in [0.25, 0.3) is 0 Å². The van der Waals surface area contributed by atoms with E-state index in [2.05, 4.69) is 24.3 Å². The van der Waals surface area contributed by atoms with Crippen molar-refractivity contribution in [2.75, 3.05) is 20.3 Å². The number of hydrogen-bond donors (Lipinski definition) is 1. The summed E-state index contributed by atoms with van der Waals surface area (Å²) >= 11 is 6.32. The summed E-state index contributed by atoms with van der Waals surface area (Å²) in [7, 11) is 1.98. The van der Waals surface area contributed by atoms with Gasteiger partial charge in [0, 0.05) is 18.6 Å². The zero-order valence-electron chi connectivity index (χ0n) is 11.3. The highest BCUT2D eigenvalue weighted by Gasteiger charge is 2.29. The molecule has 1 aromatic heterocycles. The molecular formula is C13H22ClN3O. The van der Waals surface area contributed by atoms with E-state index < -0.39 is 0 Å². The molecule has 1 fully saturated rings. The van der Waals surface area contributed by atoms with Crippen LogP contribution in [-0.4, -0.2) is 30.0 Å². The molecule has 0 radical (unpaired) electrons. The summed E-state index contributed by atoms with van der Waals surface area (Å²) in [6.45, 7) is 5.92. The molecule has 1 aliphatic rings. The van der Waals surface area contributed by atoms with Crippen molar-refractivity contribution in [3.05, 3.63) is 16.9 Å². The zero-order chi connectivity index (χ0) is 13.1. The summed E-state index contributed by atoms with van der Waals surface area (Å²) in [6, 6.07) is 0.524. The molecule has 0 saturated carbocycles. The first-order valence-corrected chi connectivity index (χ1v) is 7.00. The molecule has 0 aromatic carbocycles. The summed E-state index contributed by atoms with van der Waals surface area (Å²) in [5, 5.41) is 8.51. The number of aromatic nitrogens is 2. The molecule has 0 spiro atoms. The van der Waals surface area contributed by atoms with Crippen molar-refractivity contribution in [2.24, 2.45) is 5.92 Å². The molecule has 0 bridgehead atoms. The first-order chi connectivity index (χ1) is 8.65. The van der Waals surface area contributed by atoms with Gasteiger partial charge in [0.05, 0.1) is 29.6 Å². The first-order valence-electron chi connectivity index (χ1n) is 6.63. The summed E-state index contributed by atoms with van der Waals surface area (Å²) in [5.41, 5.74) is 1.09. The monoisotopic (exact) mass is 271 g/mol. The molecule has 102 valence electrons. The average molecular weight is 272 g/mol. The molecule has 1 aliphatic heterocycles. The van der Waals surface area contributed by atoms with Crippen LogP contribution in [0.4, 0.5) is 0 Å². The Morgan fingerprint density at radius 2 is 2.33 bits per heavy atom. The van der Waals surface area contributed by atoms with E-state index in [1.807, 2.05) is 11.7 Å². The minimum atomic E-state index is 0.211. The Labute approximate surface area is 114 Å². The van der Waals surface area contributed by atoms with Crippen LogP contribution >= 0.6 is 11.6 Å². The van der Waals surface area contributed by atoms with Gasteiger partial charge in [0.15, 0.2) is 0 Å². The molecule has 0 aliphatic carbocycles. The molecule has 4 nitrogen and oxygen atoms in total. The third kappa shape index (κ3) is 2.71. The van der Waals surface area contributed by atoms with Crippen LogP contribution in [0.3, 0.4) is 0 Å². The fourth-order valence-electron chi connectivity index (χ4n) is 2.68. The van der Waals surface area contributed by atoms with Crippen molar-refractivity contribution in [3.63, 3.8) is 0 Å². The first kappa shape index (κ1) is 13.8. The minimum absolute atomic E-state index is 0.211. The summed E-state index contributed by atoms with van der Waals surface area (Å²) in [4.78, 5) is 0. The molecule has 0 amide bonds. The van der Waals surface area contributed by atoms with Crippen molar-refractivity contribution in [1.82, 2.24) is 15.1 Å². The Kier molecular flexibility index (Phi) is 4.65. The van der Waals surface area contributed by atoms with Crippen molar-refractivity contribution in [2.45, 2.75) is 38.8 Å². The summed E-state index contributed by atoms with van der Waals surface area (Å²) < 4.78 is 7.60. The van der Waals surface area contributed by atoms with Gasteiger partial charge >= 0.3 is 0 Å². The molecule has 2 rings (SSSR count). The van der Waals surface area contributed by atoms with Gasteiger partial charge < -0.3 is 10.1 Å². The largest absolute Gasteiger partial charge is 0.381 e. The molecule has 1 N–H and O–H groups in total. The molecule has 5 heteroatoms. The summed E-state index contributed by atoms with van der Waals surface area (Å²) in [6.07, 6.45) is 4.03. The minimum Gasteiger partial charge on any atom is -0.381 e. The number of halogens is 1. The third-order valence-electron chi connectivity index (χ3n) is 3.55. The highest BCUT2D eigenvalue weighted by Crippen LogP contribution is 2.33. The molecular weight excluding hydrogens is 250 g/mol. The van der Waals surface area contributed by atoms with Crippen LogP contribution in [0, 0.1) is 5.92 Å². The van der Waals surface area contributed by atoms with Crippen LogP contribution < -0.4 is 5.32 Å². The zero-order valence-corrected chi connectivity index (χ0v) is 12.1. The van der Waals surface area contributed by atoms with E-state index >= 15 is 0 Å². The Hall–Kier alpha value is -0.580. The lowest BCUT2D eigenvalue weighted by Gasteiger charge is -2.31. The highest BCUT2D eigenvalue weighted by atomic mass is 35.5. The smallest absolute Gasteiger partial charge is 0.0834 e. The van der Waals surface area contributed by atoms with E-state index in [0.717, 1.165) is 30.4 Å². The van der Waals surface area contributed by atoms with Gasteiger partial charge in [-0.1, -0.05) is 11.6 Å². The molecule has 2 unspecified atom stereocenters. The van der Waals surface area contributed by atoms with Gasteiger partial charge in [0.2, 0.25) is 0 Å². The molecule has 2 atom stereocenters. The number of ether oxygens (including phenoxy) is 1. The second-order valence-corrected chi connectivity index (χ2v) is 5.57. The molecule has 1 aromatic rings. The van der Waals surface area contributed by atoms with Gasteiger partial charge in [0.1, 0.15) is 0 Å². The van der Waals surface area contributed by atoms with Crippen LogP contribution in [0.15, 0.2) is 6.20 Å².